The highest BCUT2D eigenvalue weighted by Gasteiger charge is 2.35. The molecule has 4 heteroatoms. The summed E-state index contributed by atoms with van der Waals surface area (Å²) in [4.78, 5) is 2.39. The lowest BCUT2D eigenvalue weighted by Gasteiger charge is -2.34. The molecule has 1 rings (SSSR count). The van der Waals surface area contributed by atoms with E-state index in [2.05, 4.69) is 18.7 Å². The van der Waals surface area contributed by atoms with Crippen molar-refractivity contribution in [1.29, 1.82) is 0 Å². The molecule has 0 radical (unpaired) electrons. The van der Waals surface area contributed by atoms with Gasteiger partial charge in [-0.1, -0.05) is 13.8 Å². The van der Waals surface area contributed by atoms with Crippen LogP contribution in [0.25, 0.3) is 0 Å². The minimum atomic E-state index is -0.0993. The van der Waals surface area contributed by atoms with E-state index in [1.165, 1.54) is 12.8 Å². The normalized spacial score (nSPS) is 19.9. The lowest BCUT2D eigenvalue weighted by atomic mass is 10.1. The zero-order valence-corrected chi connectivity index (χ0v) is 11.4. The van der Waals surface area contributed by atoms with Gasteiger partial charge in [0.2, 0.25) is 0 Å². The van der Waals surface area contributed by atoms with E-state index in [1.54, 1.807) is 7.11 Å². The third-order valence-corrected chi connectivity index (χ3v) is 3.45. The van der Waals surface area contributed by atoms with Crippen LogP contribution in [0, 0.1) is 5.92 Å². The van der Waals surface area contributed by atoms with E-state index in [9.17, 15) is 5.11 Å². The van der Waals surface area contributed by atoms with Gasteiger partial charge < -0.3 is 15.6 Å². The van der Waals surface area contributed by atoms with E-state index in [0.717, 1.165) is 13.0 Å². The molecule has 1 fully saturated rings. The van der Waals surface area contributed by atoms with E-state index in [1.807, 2.05) is 0 Å². The molecule has 2 unspecified atom stereocenters. The first-order chi connectivity index (χ1) is 8.10. The molecular weight excluding hydrogens is 216 g/mol. The van der Waals surface area contributed by atoms with E-state index < -0.39 is 0 Å². The quantitative estimate of drug-likeness (QED) is 0.631. The second-order valence-electron chi connectivity index (χ2n) is 5.52. The minimum absolute atomic E-state index is 0.0428. The molecule has 1 aliphatic rings. The molecule has 0 aliphatic heterocycles. The van der Waals surface area contributed by atoms with Crippen molar-refractivity contribution in [3.63, 3.8) is 0 Å². The van der Waals surface area contributed by atoms with Crippen LogP contribution in [0.1, 0.15) is 33.1 Å². The molecule has 0 heterocycles. The van der Waals surface area contributed by atoms with Crippen LogP contribution in [-0.4, -0.2) is 55.0 Å². The standard InChI is InChI=1S/C13H28N2O2/c1-10(2)6-7-15(11-4-5-11)13(8-16)12(14)9-17-3/h10-13,16H,4-9,14H2,1-3H3. The van der Waals surface area contributed by atoms with Crippen LogP contribution < -0.4 is 5.73 Å². The second kappa shape index (κ2) is 7.31. The third kappa shape index (κ3) is 4.92. The Hall–Kier alpha value is -0.160. The van der Waals surface area contributed by atoms with Crippen molar-refractivity contribution in [1.82, 2.24) is 4.90 Å². The highest BCUT2D eigenvalue weighted by atomic mass is 16.5. The molecule has 17 heavy (non-hydrogen) atoms. The number of nitrogens with zero attached hydrogens (tertiary/aromatic N) is 1. The highest BCUT2D eigenvalue weighted by Crippen LogP contribution is 2.29. The molecule has 3 N–H and O–H groups in total. The van der Waals surface area contributed by atoms with Gasteiger partial charge in [-0.15, -0.1) is 0 Å². The first-order valence-electron chi connectivity index (χ1n) is 6.71. The Bertz CT molecular complexity index is 208. The van der Waals surface area contributed by atoms with Gasteiger partial charge in [-0.2, -0.15) is 0 Å². The minimum Gasteiger partial charge on any atom is -0.395 e. The third-order valence-electron chi connectivity index (χ3n) is 3.45. The van der Waals surface area contributed by atoms with E-state index >= 15 is 0 Å². The number of aliphatic hydroxyl groups is 1. The van der Waals surface area contributed by atoms with Gasteiger partial charge in [0.15, 0.2) is 0 Å². The zero-order chi connectivity index (χ0) is 12.8. The van der Waals surface area contributed by atoms with Gasteiger partial charge in [-0.05, 0) is 31.7 Å². The second-order valence-corrected chi connectivity index (χ2v) is 5.52. The van der Waals surface area contributed by atoms with Crippen molar-refractivity contribution in [2.24, 2.45) is 11.7 Å². The average molecular weight is 244 g/mol. The van der Waals surface area contributed by atoms with Crippen molar-refractivity contribution in [2.75, 3.05) is 26.9 Å². The molecule has 0 spiro atoms. The summed E-state index contributed by atoms with van der Waals surface area (Å²) in [5.74, 6) is 0.689. The molecule has 4 nitrogen and oxygen atoms in total. The molecule has 0 saturated heterocycles. The maximum absolute atomic E-state index is 9.56. The van der Waals surface area contributed by atoms with Gasteiger partial charge in [0.05, 0.1) is 19.3 Å². The lowest BCUT2D eigenvalue weighted by Crippen LogP contribution is -2.53. The molecule has 0 aromatic heterocycles. The Kier molecular flexibility index (Phi) is 6.41. The fraction of sp³-hybridized carbons (Fsp3) is 1.00. The highest BCUT2D eigenvalue weighted by molar-refractivity contribution is 4.92. The van der Waals surface area contributed by atoms with Crippen LogP contribution >= 0.6 is 0 Å². The number of rotatable bonds is 9. The molecule has 2 atom stereocenters. The Balaban J connectivity index is 2.52. The van der Waals surface area contributed by atoms with Gasteiger partial charge in [-0.25, -0.2) is 0 Å². The van der Waals surface area contributed by atoms with Crippen molar-refractivity contribution in [3.05, 3.63) is 0 Å². The van der Waals surface area contributed by atoms with Crippen molar-refractivity contribution >= 4 is 0 Å². The summed E-state index contributed by atoms with van der Waals surface area (Å²) >= 11 is 0. The molecule has 0 aromatic carbocycles. The maximum atomic E-state index is 9.56. The van der Waals surface area contributed by atoms with Crippen molar-refractivity contribution < 1.29 is 9.84 Å². The van der Waals surface area contributed by atoms with Gasteiger partial charge in [-0.3, -0.25) is 4.90 Å². The molecule has 102 valence electrons. The van der Waals surface area contributed by atoms with Gasteiger partial charge >= 0.3 is 0 Å². The topological polar surface area (TPSA) is 58.7 Å². The Morgan fingerprint density at radius 1 is 1.41 bits per heavy atom. The molecule has 0 aromatic rings. The van der Waals surface area contributed by atoms with Gasteiger partial charge in [0.25, 0.3) is 0 Å². The molecule has 0 bridgehead atoms. The van der Waals surface area contributed by atoms with Gasteiger partial charge in [0, 0.05) is 19.2 Å². The number of nitrogens with two attached hydrogens (primary N) is 1. The Morgan fingerprint density at radius 2 is 2.06 bits per heavy atom. The number of aliphatic hydroxyl groups excluding tert-OH is 1. The summed E-state index contributed by atoms with van der Waals surface area (Å²) < 4.78 is 5.10. The summed E-state index contributed by atoms with van der Waals surface area (Å²) in [6.07, 6.45) is 3.65. The van der Waals surface area contributed by atoms with E-state index in [4.69, 9.17) is 10.5 Å². The van der Waals surface area contributed by atoms with Crippen molar-refractivity contribution in [3.8, 4) is 0 Å². The van der Waals surface area contributed by atoms with Crippen LogP contribution in [0.3, 0.4) is 0 Å². The van der Waals surface area contributed by atoms with Crippen LogP contribution in [-0.2, 0) is 4.74 Å². The lowest BCUT2D eigenvalue weighted by molar-refractivity contribution is 0.0625. The van der Waals surface area contributed by atoms with Gasteiger partial charge in [0.1, 0.15) is 0 Å². The van der Waals surface area contributed by atoms with Crippen LogP contribution in [0.15, 0.2) is 0 Å². The van der Waals surface area contributed by atoms with Crippen molar-refractivity contribution in [2.45, 2.75) is 51.2 Å². The van der Waals surface area contributed by atoms with Crippen LogP contribution in [0.5, 0.6) is 0 Å². The number of methoxy groups -OCH3 is 1. The SMILES string of the molecule is COCC(N)C(CO)N(CCC(C)C)C1CC1. The summed E-state index contributed by atoms with van der Waals surface area (Å²) in [5.41, 5.74) is 6.09. The fourth-order valence-corrected chi connectivity index (χ4v) is 2.22. The smallest absolute Gasteiger partial charge is 0.0629 e. The Labute approximate surface area is 105 Å². The first kappa shape index (κ1) is 14.9. The predicted octanol–water partition coefficient (Wildman–Crippen LogP) is 0.832. The Morgan fingerprint density at radius 3 is 2.47 bits per heavy atom. The number of hydrogen-bond acceptors (Lipinski definition) is 4. The summed E-state index contributed by atoms with van der Waals surface area (Å²) in [7, 11) is 1.66. The number of hydrogen-bond donors (Lipinski definition) is 2. The van der Waals surface area contributed by atoms with E-state index in [0.29, 0.717) is 18.6 Å². The number of ether oxygens (including phenoxy) is 1. The largest absolute Gasteiger partial charge is 0.395 e. The maximum Gasteiger partial charge on any atom is 0.0629 e. The molecule has 1 aliphatic carbocycles. The van der Waals surface area contributed by atoms with E-state index in [-0.39, 0.29) is 18.7 Å². The zero-order valence-electron chi connectivity index (χ0n) is 11.4. The summed E-state index contributed by atoms with van der Waals surface area (Å²) in [5, 5.41) is 9.56. The monoisotopic (exact) mass is 244 g/mol. The molecule has 0 amide bonds. The predicted molar refractivity (Wildman–Crippen MR) is 69.9 cm³/mol. The summed E-state index contributed by atoms with van der Waals surface area (Å²) in [6.45, 7) is 6.13. The average Bonchev–Trinajstić information content (AvgIpc) is 3.07. The van der Waals surface area contributed by atoms with Crippen LogP contribution in [0.4, 0.5) is 0 Å². The fourth-order valence-electron chi connectivity index (χ4n) is 2.22. The summed E-state index contributed by atoms with van der Waals surface area (Å²) in [6, 6.07) is 0.577. The molecule has 1 saturated carbocycles. The molecular formula is C13H28N2O2. The van der Waals surface area contributed by atoms with Crippen LogP contribution in [0.2, 0.25) is 0 Å². The first-order valence-corrected chi connectivity index (χ1v) is 6.71.